The van der Waals surface area contributed by atoms with Crippen LogP contribution in [0.15, 0.2) is 54.4 Å². The summed E-state index contributed by atoms with van der Waals surface area (Å²) in [6, 6.07) is 8.24. The molecule has 0 radical (unpaired) electrons. The smallest absolute Gasteiger partial charge is 0.261 e. The van der Waals surface area contributed by atoms with Crippen LogP contribution in [-0.2, 0) is 16.1 Å². The fourth-order valence-electron chi connectivity index (χ4n) is 5.97. The lowest BCUT2D eigenvalue weighted by Gasteiger charge is -2.40. The van der Waals surface area contributed by atoms with Crippen LogP contribution in [0.1, 0.15) is 23.2 Å². The Kier molecular flexibility index (Phi) is 7.51. The highest BCUT2D eigenvalue weighted by Gasteiger charge is 2.29. The van der Waals surface area contributed by atoms with Gasteiger partial charge in [0.25, 0.3) is 5.91 Å². The van der Waals surface area contributed by atoms with Crippen molar-refractivity contribution in [1.82, 2.24) is 34.2 Å². The second kappa shape index (κ2) is 11.7. The van der Waals surface area contributed by atoms with Crippen molar-refractivity contribution in [2.75, 3.05) is 51.8 Å². The Morgan fingerprint density at radius 2 is 2.00 bits per heavy atom. The third-order valence-electron chi connectivity index (χ3n) is 8.24. The third kappa shape index (κ3) is 5.46. The predicted molar refractivity (Wildman–Crippen MR) is 163 cm³/mol. The largest absolute Gasteiger partial charge is 0.496 e. The second-order valence-electron chi connectivity index (χ2n) is 10.8. The molecule has 13 heteroatoms. The molecule has 0 saturated carbocycles. The van der Waals surface area contributed by atoms with E-state index in [9.17, 15) is 9.59 Å². The third-order valence-corrected chi connectivity index (χ3v) is 9.12. The first kappa shape index (κ1) is 27.5. The molecular weight excluding hydrogens is 568 g/mol. The Morgan fingerprint density at radius 1 is 1.16 bits per heavy atom. The van der Waals surface area contributed by atoms with Crippen molar-refractivity contribution in [1.29, 1.82) is 0 Å². The molecule has 2 saturated heterocycles. The van der Waals surface area contributed by atoms with E-state index < -0.39 is 0 Å². The van der Waals surface area contributed by atoms with Gasteiger partial charge < -0.3 is 19.7 Å². The number of thiophene rings is 1. The summed E-state index contributed by atoms with van der Waals surface area (Å²) >= 11 is 1.61. The molecule has 2 fully saturated rings. The van der Waals surface area contributed by atoms with E-state index in [0.717, 1.165) is 54.8 Å². The normalized spacial score (nSPS) is 16.6. The number of carbonyl (C=O) groups is 2. The van der Waals surface area contributed by atoms with Gasteiger partial charge in [0, 0.05) is 61.1 Å². The zero-order chi connectivity index (χ0) is 29.3. The van der Waals surface area contributed by atoms with Crippen molar-refractivity contribution in [2.24, 2.45) is 0 Å². The number of ether oxygens (including phenoxy) is 2. The van der Waals surface area contributed by atoms with Gasteiger partial charge in [0.05, 0.1) is 32.2 Å². The van der Waals surface area contributed by atoms with Gasteiger partial charge in [-0.15, -0.1) is 11.3 Å². The average molecular weight is 601 g/mol. The summed E-state index contributed by atoms with van der Waals surface area (Å²) in [6.45, 7) is 4.94. The van der Waals surface area contributed by atoms with Crippen molar-refractivity contribution in [3.63, 3.8) is 0 Å². The molecular formula is C30H32N8O4S. The number of fused-ring (bicyclic) bond motifs is 2. The Balaban J connectivity index is 1.15. The number of benzene rings is 1. The van der Waals surface area contributed by atoms with E-state index in [4.69, 9.17) is 14.6 Å². The van der Waals surface area contributed by atoms with Crippen molar-refractivity contribution in [3.8, 4) is 17.0 Å². The zero-order valence-electron chi connectivity index (χ0n) is 23.8. The van der Waals surface area contributed by atoms with E-state index >= 15 is 0 Å². The summed E-state index contributed by atoms with van der Waals surface area (Å²) < 4.78 is 15.5. The summed E-state index contributed by atoms with van der Waals surface area (Å²) in [6.07, 6.45) is 8.45. The van der Waals surface area contributed by atoms with Crippen LogP contribution in [0.5, 0.6) is 5.75 Å². The standard InChI is InChI=1S/C30H32N8O4S/c1-41-25-15-20-5-14-43-26(20)16-22(25)28-24(33-30(40)23-17-32-38-7-2-6-31-29(23)38)18-37(34-28)19-27(39)36-8-3-21(4-9-36)35-10-12-42-13-11-35/h2,5-7,14-18,21H,3-4,8-13,19H2,1H3,(H,33,40). The average Bonchev–Trinajstić information content (AvgIpc) is 3.79. The van der Waals surface area contributed by atoms with Gasteiger partial charge in [-0.2, -0.15) is 10.2 Å². The fourth-order valence-corrected chi connectivity index (χ4v) is 6.78. The maximum Gasteiger partial charge on any atom is 0.261 e. The lowest BCUT2D eigenvalue weighted by atomic mass is 10.0. The van der Waals surface area contributed by atoms with Gasteiger partial charge in [-0.05, 0) is 47.9 Å². The maximum absolute atomic E-state index is 13.5. The number of nitrogens with zero attached hydrogens (tertiary/aromatic N) is 7. The van der Waals surface area contributed by atoms with Crippen LogP contribution in [0.2, 0.25) is 0 Å². The van der Waals surface area contributed by atoms with Gasteiger partial charge >= 0.3 is 0 Å². The quantitative estimate of drug-likeness (QED) is 0.302. The first-order valence-corrected chi connectivity index (χ1v) is 15.3. The van der Waals surface area contributed by atoms with Crippen LogP contribution in [0.25, 0.3) is 27.0 Å². The van der Waals surface area contributed by atoms with E-state index in [1.807, 2.05) is 28.5 Å². The molecule has 5 aromatic rings. The molecule has 1 aromatic carbocycles. The van der Waals surface area contributed by atoms with Gasteiger partial charge in [-0.1, -0.05) is 0 Å². The first-order valence-electron chi connectivity index (χ1n) is 14.4. The van der Waals surface area contributed by atoms with Crippen molar-refractivity contribution >= 4 is 44.6 Å². The van der Waals surface area contributed by atoms with Gasteiger partial charge in [0.1, 0.15) is 23.6 Å². The minimum Gasteiger partial charge on any atom is -0.496 e. The highest BCUT2D eigenvalue weighted by molar-refractivity contribution is 7.17. The fraction of sp³-hybridized carbons (Fsp3) is 0.367. The molecule has 0 atom stereocenters. The Labute approximate surface area is 251 Å². The number of likely N-dealkylation sites (tertiary alicyclic amines) is 1. The van der Waals surface area contributed by atoms with Crippen molar-refractivity contribution in [3.05, 3.63) is 60.0 Å². The Hall–Kier alpha value is -4.33. The Morgan fingerprint density at radius 3 is 2.81 bits per heavy atom. The van der Waals surface area contributed by atoms with Crippen molar-refractivity contribution < 1.29 is 19.1 Å². The number of piperidine rings is 1. The molecule has 0 bridgehead atoms. The molecule has 12 nitrogen and oxygen atoms in total. The molecule has 0 unspecified atom stereocenters. The van der Waals surface area contributed by atoms with E-state index in [2.05, 4.69) is 20.3 Å². The number of carbonyl (C=O) groups excluding carboxylic acids is 2. The van der Waals surface area contributed by atoms with Crippen LogP contribution in [0.3, 0.4) is 0 Å². The molecule has 6 heterocycles. The van der Waals surface area contributed by atoms with Gasteiger partial charge in [-0.3, -0.25) is 19.2 Å². The van der Waals surface area contributed by atoms with Crippen molar-refractivity contribution in [2.45, 2.75) is 25.4 Å². The van der Waals surface area contributed by atoms with Gasteiger partial charge in [-0.25, -0.2) is 9.50 Å². The number of amides is 2. The highest BCUT2D eigenvalue weighted by Crippen LogP contribution is 2.39. The SMILES string of the molecule is COc1cc2ccsc2cc1-c1nn(CC(=O)N2CCC(N3CCOCC3)CC2)cc1NC(=O)c1cnn2cccnc12. The Bertz CT molecular complexity index is 1780. The molecule has 222 valence electrons. The van der Waals surface area contributed by atoms with Crippen LogP contribution < -0.4 is 10.1 Å². The number of methoxy groups -OCH3 is 1. The summed E-state index contributed by atoms with van der Waals surface area (Å²) in [5, 5.41) is 15.1. The molecule has 0 aliphatic carbocycles. The first-order chi connectivity index (χ1) is 21.1. The number of hydrogen-bond acceptors (Lipinski definition) is 9. The molecule has 7 rings (SSSR count). The number of rotatable bonds is 7. The number of aromatic nitrogens is 5. The highest BCUT2D eigenvalue weighted by atomic mass is 32.1. The lowest BCUT2D eigenvalue weighted by molar-refractivity contribution is -0.133. The molecule has 2 aliphatic rings. The summed E-state index contributed by atoms with van der Waals surface area (Å²) in [4.78, 5) is 35.6. The number of morpholine rings is 1. The molecule has 43 heavy (non-hydrogen) atoms. The van der Waals surface area contributed by atoms with Gasteiger partial charge in [0.15, 0.2) is 5.65 Å². The summed E-state index contributed by atoms with van der Waals surface area (Å²) in [7, 11) is 1.61. The van der Waals surface area contributed by atoms with E-state index in [1.54, 1.807) is 52.3 Å². The maximum atomic E-state index is 13.5. The molecule has 2 aliphatic heterocycles. The van der Waals surface area contributed by atoms with Gasteiger partial charge in [0.2, 0.25) is 5.91 Å². The number of nitrogens with one attached hydrogen (secondary N) is 1. The summed E-state index contributed by atoms with van der Waals surface area (Å²) in [5.41, 5.74) is 2.49. The second-order valence-corrected chi connectivity index (χ2v) is 11.7. The topological polar surface area (TPSA) is 119 Å². The predicted octanol–water partition coefficient (Wildman–Crippen LogP) is 3.39. The van der Waals surface area contributed by atoms with Crippen LogP contribution >= 0.6 is 11.3 Å². The van der Waals surface area contributed by atoms with E-state index in [1.165, 1.54) is 6.20 Å². The molecule has 2 amide bonds. The minimum absolute atomic E-state index is 0.000133. The van der Waals surface area contributed by atoms with Crippen LogP contribution in [0.4, 0.5) is 5.69 Å². The van der Waals surface area contributed by atoms with Crippen LogP contribution in [0, 0.1) is 0 Å². The van der Waals surface area contributed by atoms with Crippen LogP contribution in [-0.4, -0.2) is 98.5 Å². The minimum atomic E-state index is -0.373. The van der Waals surface area contributed by atoms with E-state index in [-0.39, 0.29) is 18.4 Å². The zero-order valence-corrected chi connectivity index (χ0v) is 24.6. The molecule has 0 spiro atoms. The number of anilines is 1. The van der Waals surface area contributed by atoms with E-state index in [0.29, 0.717) is 47.5 Å². The summed E-state index contributed by atoms with van der Waals surface area (Å²) in [5.74, 6) is 0.253. The molecule has 1 N–H and O–H groups in total. The molecule has 4 aromatic heterocycles. The monoisotopic (exact) mass is 600 g/mol. The number of hydrogen-bond donors (Lipinski definition) is 1. The lowest BCUT2D eigenvalue weighted by Crippen LogP contribution is -2.50.